The Kier molecular flexibility index (Phi) is 5.90. The summed E-state index contributed by atoms with van der Waals surface area (Å²) in [6.45, 7) is 2.04. The van der Waals surface area contributed by atoms with Gasteiger partial charge >= 0.3 is 0 Å². The molecular formula is C18H20N4O5S. The van der Waals surface area contributed by atoms with Gasteiger partial charge < -0.3 is 15.4 Å². The first-order chi connectivity index (χ1) is 13.4. The number of carbonyl (C=O) groups excluding carboxylic acids is 2. The number of carbonyl (C=O) groups is 2. The third kappa shape index (κ3) is 4.65. The van der Waals surface area contributed by atoms with Gasteiger partial charge in [-0.15, -0.1) is 0 Å². The summed E-state index contributed by atoms with van der Waals surface area (Å²) in [5, 5.41) is 5.29. The van der Waals surface area contributed by atoms with Crippen LogP contribution in [0, 0.1) is 0 Å². The van der Waals surface area contributed by atoms with Crippen molar-refractivity contribution in [1.82, 2.24) is 15.0 Å². The number of nitrogens with zero attached hydrogens (tertiary/aromatic N) is 1. The SMILES string of the molecule is CC1Oc2ccc(S(=O)(=O)NCCCNC(=O)c3ccccn3)cc2NC1=O. The highest BCUT2D eigenvalue weighted by Gasteiger charge is 2.25. The highest BCUT2D eigenvalue weighted by atomic mass is 32.2. The smallest absolute Gasteiger partial charge is 0.269 e. The predicted octanol–water partition coefficient (Wildman–Crippen LogP) is 0.899. The monoisotopic (exact) mass is 404 g/mol. The lowest BCUT2D eigenvalue weighted by Crippen LogP contribution is -2.34. The van der Waals surface area contributed by atoms with Crippen LogP contribution in [0.15, 0.2) is 47.5 Å². The highest BCUT2D eigenvalue weighted by molar-refractivity contribution is 7.89. The molecule has 0 radical (unpaired) electrons. The van der Waals surface area contributed by atoms with E-state index in [-0.39, 0.29) is 23.3 Å². The number of fused-ring (bicyclic) bond motifs is 1. The maximum atomic E-state index is 12.4. The van der Waals surface area contributed by atoms with E-state index in [0.29, 0.717) is 30.1 Å². The van der Waals surface area contributed by atoms with Gasteiger partial charge in [0.25, 0.3) is 11.8 Å². The Morgan fingerprint density at radius 1 is 1.25 bits per heavy atom. The van der Waals surface area contributed by atoms with Crippen molar-refractivity contribution < 1.29 is 22.7 Å². The molecule has 0 spiro atoms. The van der Waals surface area contributed by atoms with E-state index in [1.54, 1.807) is 25.1 Å². The fourth-order valence-corrected chi connectivity index (χ4v) is 3.62. The minimum absolute atomic E-state index is 0.0159. The maximum absolute atomic E-state index is 12.4. The summed E-state index contributed by atoms with van der Waals surface area (Å²) in [5.74, 6) is -0.231. The van der Waals surface area contributed by atoms with Gasteiger partial charge in [0.05, 0.1) is 10.6 Å². The van der Waals surface area contributed by atoms with Crippen molar-refractivity contribution >= 4 is 27.5 Å². The second-order valence-electron chi connectivity index (χ2n) is 6.13. The summed E-state index contributed by atoms with van der Waals surface area (Å²) < 4.78 is 32.7. The Bertz CT molecular complexity index is 979. The summed E-state index contributed by atoms with van der Waals surface area (Å²) in [4.78, 5) is 27.5. The predicted molar refractivity (Wildman–Crippen MR) is 102 cm³/mol. The van der Waals surface area contributed by atoms with Crippen LogP contribution >= 0.6 is 0 Å². The molecule has 10 heteroatoms. The van der Waals surface area contributed by atoms with Gasteiger partial charge in [-0.05, 0) is 43.7 Å². The Hall–Kier alpha value is -2.98. The van der Waals surface area contributed by atoms with E-state index in [1.807, 2.05) is 0 Å². The molecular weight excluding hydrogens is 384 g/mol. The van der Waals surface area contributed by atoms with Gasteiger partial charge in [-0.3, -0.25) is 14.6 Å². The van der Waals surface area contributed by atoms with Crippen LogP contribution in [0.3, 0.4) is 0 Å². The number of anilines is 1. The molecule has 9 nitrogen and oxygen atoms in total. The van der Waals surface area contributed by atoms with Gasteiger partial charge in [-0.25, -0.2) is 13.1 Å². The number of rotatable bonds is 7. The number of aromatic nitrogens is 1. The van der Waals surface area contributed by atoms with Crippen LogP contribution < -0.4 is 20.1 Å². The molecule has 0 bridgehead atoms. The average molecular weight is 404 g/mol. The van der Waals surface area contributed by atoms with Crippen LogP contribution in [0.1, 0.15) is 23.8 Å². The Balaban J connectivity index is 1.51. The van der Waals surface area contributed by atoms with Crippen molar-refractivity contribution in [3.05, 3.63) is 48.3 Å². The molecule has 1 atom stereocenters. The van der Waals surface area contributed by atoms with Crippen molar-refractivity contribution in [1.29, 1.82) is 0 Å². The minimum Gasteiger partial charge on any atom is -0.479 e. The number of sulfonamides is 1. The Morgan fingerprint density at radius 3 is 2.82 bits per heavy atom. The molecule has 1 aromatic carbocycles. The molecule has 1 aliphatic rings. The number of benzene rings is 1. The van der Waals surface area contributed by atoms with Crippen LogP contribution in [0.4, 0.5) is 5.69 Å². The van der Waals surface area contributed by atoms with Gasteiger partial charge in [-0.1, -0.05) is 6.07 Å². The van der Waals surface area contributed by atoms with Gasteiger partial charge in [0.2, 0.25) is 10.0 Å². The van der Waals surface area contributed by atoms with Crippen LogP contribution in [-0.2, 0) is 14.8 Å². The van der Waals surface area contributed by atoms with Gasteiger partial charge in [-0.2, -0.15) is 0 Å². The summed E-state index contributed by atoms with van der Waals surface area (Å²) >= 11 is 0. The van der Waals surface area contributed by atoms with Crippen molar-refractivity contribution in [2.24, 2.45) is 0 Å². The fourth-order valence-electron chi connectivity index (χ4n) is 2.52. The molecule has 0 saturated carbocycles. The molecule has 2 heterocycles. The molecule has 28 heavy (non-hydrogen) atoms. The summed E-state index contributed by atoms with van der Waals surface area (Å²) in [7, 11) is -3.76. The average Bonchev–Trinajstić information content (AvgIpc) is 2.68. The number of hydrogen-bond acceptors (Lipinski definition) is 6. The zero-order chi connectivity index (χ0) is 20.1. The molecule has 0 aliphatic carbocycles. The Labute approximate surface area is 162 Å². The van der Waals surface area contributed by atoms with Gasteiger partial charge in [0.15, 0.2) is 6.10 Å². The third-order valence-electron chi connectivity index (χ3n) is 4.02. The first-order valence-corrected chi connectivity index (χ1v) is 10.2. The molecule has 3 N–H and O–H groups in total. The van der Waals surface area contributed by atoms with Crippen LogP contribution in [0.5, 0.6) is 5.75 Å². The third-order valence-corrected chi connectivity index (χ3v) is 5.48. The van der Waals surface area contributed by atoms with E-state index < -0.39 is 16.1 Å². The van der Waals surface area contributed by atoms with Crippen molar-refractivity contribution in [2.75, 3.05) is 18.4 Å². The lowest BCUT2D eigenvalue weighted by molar-refractivity contribution is -0.122. The molecule has 1 unspecified atom stereocenters. The number of pyridine rings is 1. The van der Waals surface area contributed by atoms with Crippen LogP contribution in [-0.4, -0.2) is 44.4 Å². The van der Waals surface area contributed by atoms with Gasteiger partial charge in [0.1, 0.15) is 11.4 Å². The number of nitrogens with one attached hydrogen (secondary N) is 3. The van der Waals surface area contributed by atoms with Crippen molar-refractivity contribution in [3.63, 3.8) is 0 Å². The first kappa shape index (κ1) is 19.8. The van der Waals surface area contributed by atoms with E-state index >= 15 is 0 Å². The Morgan fingerprint density at radius 2 is 2.07 bits per heavy atom. The van der Waals surface area contributed by atoms with Crippen molar-refractivity contribution in [3.8, 4) is 5.75 Å². The zero-order valence-electron chi connectivity index (χ0n) is 15.1. The topological polar surface area (TPSA) is 126 Å². The van der Waals surface area contributed by atoms with E-state index in [4.69, 9.17) is 4.74 Å². The molecule has 1 aromatic heterocycles. The summed E-state index contributed by atoms with van der Waals surface area (Å²) in [5.41, 5.74) is 0.615. The van der Waals surface area contributed by atoms with Gasteiger partial charge in [0, 0.05) is 19.3 Å². The molecule has 3 rings (SSSR count). The molecule has 1 aliphatic heterocycles. The first-order valence-electron chi connectivity index (χ1n) is 8.67. The minimum atomic E-state index is -3.76. The number of ether oxygens (including phenoxy) is 1. The number of amides is 2. The maximum Gasteiger partial charge on any atom is 0.269 e. The zero-order valence-corrected chi connectivity index (χ0v) is 16.0. The summed E-state index contributed by atoms with van der Waals surface area (Å²) in [6, 6.07) is 9.29. The van der Waals surface area contributed by atoms with Crippen LogP contribution in [0.2, 0.25) is 0 Å². The normalized spacial score (nSPS) is 15.9. The molecule has 0 saturated heterocycles. The van der Waals surface area contributed by atoms with Crippen molar-refractivity contribution in [2.45, 2.75) is 24.3 Å². The number of hydrogen-bond donors (Lipinski definition) is 3. The molecule has 148 valence electrons. The molecule has 2 amide bonds. The lowest BCUT2D eigenvalue weighted by atomic mass is 10.2. The standard InChI is InChI=1S/C18H20N4O5S/c1-12-17(23)22-15-11-13(6-7-16(15)27-12)28(25,26)21-10-4-9-20-18(24)14-5-2-3-8-19-14/h2-3,5-8,11-12,21H,4,9-10H2,1H3,(H,20,24)(H,22,23). The molecule has 0 fully saturated rings. The second-order valence-corrected chi connectivity index (χ2v) is 7.90. The van der Waals surface area contributed by atoms with E-state index in [0.717, 1.165) is 0 Å². The molecule has 2 aromatic rings. The second kappa shape index (κ2) is 8.36. The van der Waals surface area contributed by atoms with E-state index in [1.165, 1.54) is 24.4 Å². The van der Waals surface area contributed by atoms with E-state index in [9.17, 15) is 18.0 Å². The quantitative estimate of drug-likeness (QED) is 0.589. The highest BCUT2D eigenvalue weighted by Crippen LogP contribution is 2.31. The summed E-state index contributed by atoms with van der Waals surface area (Å²) in [6.07, 6.45) is 1.30. The largest absolute Gasteiger partial charge is 0.479 e. The lowest BCUT2D eigenvalue weighted by Gasteiger charge is -2.23. The fraction of sp³-hybridized carbons (Fsp3) is 0.278. The van der Waals surface area contributed by atoms with Crippen LogP contribution in [0.25, 0.3) is 0 Å². The van der Waals surface area contributed by atoms with E-state index in [2.05, 4.69) is 20.3 Å².